The molecule has 0 aliphatic carbocycles. The number of hydrogen-bond acceptors (Lipinski definition) is 4. The van der Waals surface area contributed by atoms with Crippen molar-refractivity contribution in [3.05, 3.63) is 21.0 Å². The third-order valence-corrected chi connectivity index (χ3v) is 1.56. The monoisotopic (exact) mass is 198 g/mol. The highest BCUT2D eigenvalue weighted by atomic mass is 16.2. The van der Waals surface area contributed by atoms with Gasteiger partial charge in [0.25, 0.3) is 0 Å². The molecular weight excluding hydrogens is 184 g/mol. The molecule has 14 heavy (non-hydrogen) atoms. The molecule has 1 rings (SSSR count). The summed E-state index contributed by atoms with van der Waals surface area (Å²) in [6.07, 6.45) is 0. The van der Waals surface area contributed by atoms with Gasteiger partial charge in [-0.2, -0.15) is 4.98 Å². The Kier molecular flexibility index (Phi) is 2.46. The first-order chi connectivity index (χ1) is 6.29. The minimum Gasteiger partial charge on any atom is -0.369 e. The van der Waals surface area contributed by atoms with Crippen LogP contribution in [0.3, 0.4) is 0 Å². The van der Waals surface area contributed by atoms with E-state index >= 15 is 0 Å². The first-order valence-corrected chi connectivity index (χ1v) is 4.26. The summed E-state index contributed by atoms with van der Waals surface area (Å²) in [6, 6.07) is 0. The van der Waals surface area contributed by atoms with Crippen molar-refractivity contribution in [1.82, 2.24) is 14.5 Å². The molecule has 1 heterocycles. The molecule has 3 N–H and O–H groups in total. The van der Waals surface area contributed by atoms with Gasteiger partial charge in [0.15, 0.2) is 0 Å². The SMILES string of the molecule is CC(C)(C)Cn1c(=O)nc(N)[nH]c1=O. The highest BCUT2D eigenvalue weighted by Gasteiger charge is 2.14. The average Bonchev–Trinajstić information content (AvgIpc) is 1.95. The molecule has 0 spiro atoms. The van der Waals surface area contributed by atoms with E-state index in [-0.39, 0.29) is 11.4 Å². The van der Waals surface area contributed by atoms with E-state index in [1.54, 1.807) is 0 Å². The second-order valence-corrected chi connectivity index (χ2v) is 4.36. The van der Waals surface area contributed by atoms with Crippen molar-refractivity contribution >= 4 is 5.95 Å². The number of hydrogen-bond donors (Lipinski definition) is 2. The molecule has 6 nitrogen and oxygen atoms in total. The molecule has 78 valence electrons. The van der Waals surface area contributed by atoms with E-state index in [4.69, 9.17) is 5.73 Å². The zero-order valence-electron chi connectivity index (χ0n) is 8.50. The average molecular weight is 198 g/mol. The van der Waals surface area contributed by atoms with Crippen LogP contribution in [-0.4, -0.2) is 14.5 Å². The van der Waals surface area contributed by atoms with Gasteiger partial charge in [-0.1, -0.05) is 20.8 Å². The summed E-state index contributed by atoms with van der Waals surface area (Å²) in [7, 11) is 0. The normalized spacial score (nSPS) is 11.6. The third-order valence-electron chi connectivity index (χ3n) is 1.56. The van der Waals surface area contributed by atoms with Crippen LogP contribution in [0.1, 0.15) is 20.8 Å². The predicted molar refractivity (Wildman–Crippen MR) is 53.0 cm³/mol. The summed E-state index contributed by atoms with van der Waals surface area (Å²) in [6.45, 7) is 6.09. The summed E-state index contributed by atoms with van der Waals surface area (Å²) in [4.78, 5) is 28.3. The lowest BCUT2D eigenvalue weighted by atomic mass is 9.97. The molecule has 0 amide bonds. The number of nitrogens with one attached hydrogen (secondary N) is 1. The fourth-order valence-electron chi connectivity index (χ4n) is 1.07. The smallest absolute Gasteiger partial charge is 0.354 e. The molecule has 0 bridgehead atoms. The summed E-state index contributed by atoms with van der Waals surface area (Å²) in [5.74, 6) is -0.148. The van der Waals surface area contributed by atoms with Crippen molar-refractivity contribution in [3.8, 4) is 0 Å². The molecule has 0 saturated carbocycles. The summed E-state index contributed by atoms with van der Waals surface area (Å²) >= 11 is 0. The van der Waals surface area contributed by atoms with E-state index in [1.807, 2.05) is 20.8 Å². The van der Waals surface area contributed by atoms with Crippen LogP contribution in [0.25, 0.3) is 0 Å². The number of nitrogens with two attached hydrogens (primary N) is 1. The van der Waals surface area contributed by atoms with Crippen LogP contribution in [0.2, 0.25) is 0 Å². The molecule has 0 atom stereocenters. The highest BCUT2D eigenvalue weighted by Crippen LogP contribution is 2.13. The quantitative estimate of drug-likeness (QED) is 0.639. The molecule has 6 heteroatoms. The van der Waals surface area contributed by atoms with Crippen molar-refractivity contribution in [2.45, 2.75) is 27.3 Å². The third kappa shape index (κ3) is 2.45. The van der Waals surface area contributed by atoms with Crippen molar-refractivity contribution in [3.63, 3.8) is 0 Å². The van der Waals surface area contributed by atoms with Crippen molar-refractivity contribution in [1.29, 1.82) is 0 Å². The van der Waals surface area contributed by atoms with Gasteiger partial charge in [-0.15, -0.1) is 0 Å². The predicted octanol–water partition coefficient (Wildman–Crippen LogP) is -0.440. The Hall–Kier alpha value is -1.59. The lowest BCUT2D eigenvalue weighted by molar-refractivity contribution is 0.327. The van der Waals surface area contributed by atoms with Crippen LogP contribution in [-0.2, 0) is 6.54 Å². The van der Waals surface area contributed by atoms with E-state index in [2.05, 4.69) is 9.97 Å². The number of aromatic nitrogens is 3. The van der Waals surface area contributed by atoms with Gasteiger partial charge < -0.3 is 5.73 Å². The van der Waals surface area contributed by atoms with Crippen molar-refractivity contribution in [2.75, 3.05) is 5.73 Å². The molecule has 0 aromatic carbocycles. The summed E-state index contributed by atoms with van der Waals surface area (Å²) < 4.78 is 1.04. The maximum Gasteiger partial charge on any atom is 0.354 e. The fourth-order valence-corrected chi connectivity index (χ4v) is 1.07. The van der Waals surface area contributed by atoms with E-state index in [0.717, 1.165) is 4.57 Å². The van der Waals surface area contributed by atoms with Gasteiger partial charge in [-0.25, -0.2) is 14.2 Å². The molecule has 1 aromatic heterocycles. The van der Waals surface area contributed by atoms with Crippen LogP contribution < -0.4 is 17.1 Å². The standard InChI is InChI=1S/C8H14N4O2/c1-8(2,3)4-12-6(13)10-5(9)11-7(12)14/h4H2,1-3H3,(H3,9,10,11,13,14). The molecule has 0 unspecified atom stereocenters. The van der Waals surface area contributed by atoms with Crippen molar-refractivity contribution < 1.29 is 0 Å². The number of rotatable bonds is 1. The molecule has 0 saturated heterocycles. The lowest BCUT2D eigenvalue weighted by Gasteiger charge is -2.18. The number of anilines is 1. The van der Waals surface area contributed by atoms with Gasteiger partial charge in [-0.3, -0.25) is 4.98 Å². The Morgan fingerprint density at radius 1 is 1.43 bits per heavy atom. The lowest BCUT2D eigenvalue weighted by Crippen LogP contribution is -2.40. The van der Waals surface area contributed by atoms with Gasteiger partial charge in [0.2, 0.25) is 5.95 Å². The number of nitrogens with zero attached hydrogens (tertiary/aromatic N) is 2. The number of nitrogen functional groups attached to an aromatic ring is 1. The van der Waals surface area contributed by atoms with Gasteiger partial charge >= 0.3 is 11.4 Å². The molecule has 0 aliphatic heterocycles. The highest BCUT2D eigenvalue weighted by molar-refractivity contribution is 5.09. The molecule has 1 aromatic rings. The number of H-pyrrole nitrogens is 1. The van der Waals surface area contributed by atoms with E-state index in [0.29, 0.717) is 6.54 Å². The topological polar surface area (TPSA) is 93.8 Å². The van der Waals surface area contributed by atoms with Gasteiger partial charge in [-0.05, 0) is 5.41 Å². The fraction of sp³-hybridized carbons (Fsp3) is 0.625. The van der Waals surface area contributed by atoms with Gasteiger partial charge in [0, 0.05) is 6.54 Å². The Balaban J connectivity index is 3.23. The zero-order chi connectivity index (χ0) is 10.9. The Labute approximate surface area is 80.8 Å². The van der Waals surface area contributed by atoms with E-state index in [9.17, 15) is 9.59 Å². The first kappa shape index (κ1) is 10.5. The Morgan fingerprint density at radius 2 is 2.00 bits per heavy atom. The van der Waals surface area contributed by atoms with Crippen LogP contribution >= 0.6 is 0 Å². The molecular formula is C8H14N4O2. The van der Waals surface area contributed by atoms with Gasteiger partial charge in [0.1, 0.15) is 0 Å². The van der Waals surface area contributed by atoms with Crippen LogP contribution in [0.4, 0.5) is 5.95 Å². The minimum atomic E-state index is -0.610. The van der Waals surface area contributed by atoms with E-state index in [1.165, 1.54) is 0 Å². The first-order valence-electron chi connectivity index (χ1n) is 4.26. The molecule has 0 fully saturated rings. The Morgan fingerprint density at radius 3 is 2.43 bits per heavy atom. The van der Waals surface area contributed by atoms with Crippen LogP contribution in [0.15, 0.2) is 9.59 Å². The molecule has 0 radical (unpaired) electrons. The second kappa shape index (κ2) is 3.28. The van der Waals surface area contributed by atoms with Crippen molar-refractivity contribution in [2.24, 2.45) is 5.41 Å². The second-order valence-electron chi connectivity index (χ2n) is 4.36. The summed E-state index contributed by atoms with van der Waals surface area (Å²) in [5.41, 5.74) is 3.93. The molecule has 0 aliphatic rings. The van der Waals surface area contributed by atoms with Gasteiger partial charge in [0.05, 0.1) is 0 Å². The maximum absolute atomic E-state index is 11.3. The zero-order valence-corrected chi connectivity index (χ0v) is 8.50. The van der Waals surface area contributed by atoms with Crippen LogP contribution in [0.5, 0.6) is 0 Å². The van der Waals surface area contributed by atoms with E-state index < -0.39 is 11.4 Å². The largest absolute Gasteiger partial charge is 0.369 e. The van der Waals surface area contributed by atoms with Crippen LogP contribution in [0, 0.1) is 5.41 Å². The minimum absolute atomic E-state index is 0.148. The summed E-state index contributed by atoms with van der Waals surface area (Å²) in [5, 5.41) is 0. The number of aromatic amines is 1. The Bertz CT molecular complexity index is 407. The maximum atomic E-state index is 11.3.